The fourth-order valence-electron chi connectivity index (χ4n) is 21.8. The minimum absolute atomic E-state index is 0.00270. The maximum atomic E-state index is 11.3. The van der Waals surface area contributed by atoms with Gasteiger partial charge in [0.15, 0.2) is 0 Å². The van der Waals surface area contributed by atoms with E-state index in [4.69, 9.17) is 12.8 Å². The van der Waals surface area contributed by atoms with Crippen LogP contribution in [0.5, 0.6) is 0 Å². The molecule has 0 saturated heterocycles. The zero-order valence-electron chi connectivity index (χ0n) is 46.6. The highest BCUT2D eigenvalue weighted by atomic mass is 16.3. The Morgan fingerprint density at radius 1 is 0.461 bits per heavy atom. The lowest BCUT2D eigenvalue weighted by Crippen LogP contribution is -2.59. The van der Waals surface area contributed by atoms with Gasteiger partial charge in [-0.3, -0.25) is 0 Å². The Kier molecular flexibility index (Phi) is 14.9. The van der Waals surface area contributed by atoms with Gasteiger partial charge in [0, 0.05) is 27.1 Å². The fourth-order valence-corrected chi connectivity index (χ4v) is 21.8. The highest BCUT2D eigenvalue weighted by molar-refractivity contribution is 5.35. The normalized spacial score (nSPS) is 56.3. The standard InChI is InChI=1S/2C22H32O4.C20H32O4/c2*1-4-22(26)13(2)9-17-19-16(6-7-20(17,22)3)21(12-23)8-5-15(24)10-14(21)11-18(19)25;1-11-7-15-17-14(4-5-19(15,2)18(11)24)20(10-21)6-3-13(22)8-12(20)9-16(17)23/h2*1,11,13,15-19,23-26H,5-10,12H2,2-3H3;9,11,13-18,21-24H,3-8,10H2,1-2H3/t13-,15+,16?,17?,18+,19?,20+,21-,22+;13-,15-,16?,17?,18+,19?,20+,21-,22+;11-,13-,14?,15?,16+,17?,18+,19+,20-/m111/s1. The number of aliphatic hydroxyl groups is 12. The Labute approximate surface area is 453 Å². The second-order valence-electron chi connectivity index (χ2n) is 28.8. The van der Waals surface area contributed by atoms with Crippen molar-refractivity contribution in [2.24, 2.45) is 104 Å². The molecule has 0 aromatic heterocycles. The van der Waals surface area contributed by atoms with E-state index in [0.29, 0.717) is 38.0 Å². The molecular weight excluding hydrogens is 961 g/mol. The molecule has 12 aliphatic carbocycles. The van der Waals surface area contributed by atoms with Gasteiger partial charge >= 0.3 is 0 Å². The van der Waals surface area contributed by atoms with Crippen LogP contribution in [0.1, 0.15) is 157 Å². The number of hydrogen-bond donors (Lipinski definition) is 12. The van der Waals surface area contributed by atoms with Crippen LogP contribution >= 0.6 is 0 Å². The Morgan fingerprint density at radius 3 is 1.12 bits per heavy atom. The predicted molar refractivity (Wildman–Crippen MR) is 289 cm³/mol. The molecule has 9 fully saturated rings. The molecule has 9 unspecified atom stereocenters. The number of rotatable bonds is 3. The first-order valence-electron chi connectivity index (χ1n) is 29.9. The van der Waals surface area contributed by atoms with Gasteiger partial charge in [0.05, 0.1) is 62.5 Å². The summed E-state index contributed by atoms with van der Waals surface area (Å²) in [7, 11) is 0. The molecule has 27 atom stereocenters. The van der Waals surface area contributed by atoms with Gasteiger partial charge in [-0.25, -0.2) is 0 Å². The lowest BCUT2D eigenvalue weighted by molar-refractivity contribution is -0.137. The molecule has 0 aromatic carbocycles. The maximum absolute atomic E-state index is 11.3. The monoisotopic (exact) mass is 1060 g/mol. The summed E-state index contributed by atoms with van der Waals surface area (Å²) < 4.78 is 0. The van der Waals surface area contributed by atoms with Crippen molar-refractivity contribution >= 4 is 0 Å². The lowest BCUT2D eigenvalue weighted by atomic mass is 9.46. The lowest BCUT2D eigenvalue weighted by Gasteiger charge is -2.60. The topological polar surface area (TPSA) is 243 Å². The van der Waals surface area contributed by atoms with Crippen molar-refractivity contribution in [3.05, 3.63) is 34.9 Å². The van der Waals surface area contributed by atoms with Gasteiger partial charge in [-0.2, -0.15) is 0 Å². The molecule has 9 saturated carbocycles. The van der Waals surface area contributed by atoms with Gasteiger partial charge < -0.3 is 61.3 Å². The van der Waals surface area contributed by atoms with Gasteiger partial charge in [-0.15, -0.1) is 12.8 Å². The van der Waals surface area contributed by atoms with Gasteiger partial charge in [0.2, 0.25) is 0 Å². The SMILES string of the molecule is C#C[C@]1(O)[C@H](C)CC2C3C(CC[C@@]21C)[C@@]1(CO)CC[C@@H](O)CC1=C[C@@H]3O.C#C[C@]1(O)[C@H](C)CC2C3C(CC[C@@]21C)[C@@]1(CO)CC[C@H](O)CC1=C[C@@H]3O.C[C@@H]1CC2C3C(CC[C@]2(C)[C@H]1O)[C@@]1(CO)CC[C@@H](O)CC1=C[C@@H]3O. The molecule has 0 bridgehead atoms. The smallest absolute Gasteiger partial charge is 0.133 e. The van der Waals surface area contributed by atoms with E-state index in [0.717, 1.165) is 100 Å². The number of fused-ring (bicyclic) bond motifs is 15. The molecule has 0 radical (unpaired) electrons. The summed E-state index contributed by atoms with van der Waals surface area (Å²) in [6, 6.07) is 0. The molecule has 12 aliphatic rings. The van der Waals surface area contributed by atoms with Crippen LogP contribution in [0, 0.1) is 128 Å². The average Bonchev–Trinajstić information content (AvgIpc) is 3.99. The minimum atomic E-state index is -1.14. The third-order valence-electron chi connectivity index (χ3n) is 26.2. The predicted octanol–water partition coefficient (Wildman–Crippen LogP) is 5.59. The van der Waals surface area contributed by atoms with Crippen molar-refractivity contribution in [3.8, 4) is 24.7 Å². The van der Waals surface area contributed by atoms with Gasteiger partial charge in [0.25, 0.3) is 0 Å². The fraction of sp³-hybridized carbons (Fsp3) is 0.844. The molecule has 424 valence electrons. The molecule has 12 heteroatoms. The summed E-state index contributed by atoms with van der Waals surface area (Å²) in [5.74, 6) is 7.01. The van der Waals surface area contributed by atoms with Crippen molar-refractivity contribution in [2.75, 3.05) is 19.8 Å². The summed E-state index contributed by atoms with van der Waals surface area (Å²) in [5.41, 5.74) is -0.966. The van der Waals surface area contributed by atoms with Crippen LogP contribution in [0.15, 0.2) is 34.9 Å². The molecule has 0 heterocycles. The van der Waals surface area contributed by atoms with Gasteiger partial charge in [-0.1, -0.05) is 88.3 Å². The third kappa shape index (κ3) is 7.82. The summed E-state index contributed by atoms with van der Waals surface area (Å²) in [6.07, 6.45) is 28.2. The van der Waals surface area contributed by atoms with Crippen molar-refractivity contribution < 1.29 is 61.3 Å². The van der Waals surface area contributed by atoms with Crippen LogP contribution < -0.4 is 0 Å². The Balaban J connectivity index is 0.000000130. The molecular formula is C64H96O12. The minimum Gasteiger partial charge on any atom is -0.395 e. The highest BCUT2D eigenvalue weighted by Crippen LogP contribution is 2.71. The van der Waals surface area contributed by atoms with Crippen LogP contribution in [-0.2, 0) is 0 Å². The van der Waals surface area contributed by atoms with Crippen LogP contribution in [0.2, 0.25) is 0 Å². The number of aliphatic hydroxyl groups excluding tert-OH is 10. The van der Waals surface area contributed by atoms with Gasteiger partial charge in [-0.05, 0) is 192 Å². The number of terminal acetylenes is 2. The van der Waals surface area contributed by atoms with E-state index < -0.39 is 40.3 Å². The molecule has 0 spiro atoms. The molecule has 12 nitrogen and oxygen atoms in total. The molecule has 0 amide bonds. The van der Waals surface area contributed by atoms with Crippen LogP contribution in [0.4, 0.5) is 0 Å². The van der Waals surface area contributed by atoms with E-state index in [1.54, 1.807) is 0 Å². The maximum Gasteiger partial charge on any atom is 0.133 e. The largest absolute Gasteiger partial charge is 0.395 e. The van der Waals surface area contributed by atoms with Crippen molar-refractivity contribution in [2.45, 2.75) is 211 Å². The van der Waals surface area contributed by atoms with Crippen LogP contribution in [0.25, 0.3) is 0 Å². The van der Waals surface area contributed by atoms with E-state index >= 15 is 0 Å². The molecule has 0 aliphatic heterocycles. The third-order valence-corrected chi connectivity index (χ3v) is 26.2. The first-order chi connectivity index (χ1) is 35.8. The summed E-state index contributed by atoms with van der Waals surface area (Å²) in [5, 5.41) is 128. The zero-order chi connectivity index (χ0) is 55.1. The van der Waals surface area contributed by atoms with Crippen molar-refractivity contribution in [1.29, 1.82) is 0 Å². The average molecular weight is 1060 g/mol. The molecule has 76 heavy (non-hydrogen) atoms. The summed E-state index contributed by atoms with van der Waals surface area (Å²) in [6.45, 7) is 12.8. The quantitative estimate of drug-likeness (QED) is 0.122. The van der Waals surface area contributed by atoms with E-state index in [1.165, 1.54) is 0 Å². The zero-order valence-corrected chi connectivity index (χ0v) is 46.6. The Bertz CT molecular complexity index is 2270. The molecule has 12 rings (SSSR count). The second kappa shape index (κ2) is 19.8. The first-order valence-corrected chi connectivity index (χ1v) is 29.9. The van der Waals surface area contributed by atoms with Crippen molar-refractivity contribution in [3.63, 3.8) is 0 Å². The van der Waals surface area contributed by atoms with Crippen molar-refractivity contribution in [1.82, 2.24) is 0 Å². The highest BCUT2D eigenvalue weighted by Gasteiger charge is 2.70. The van der Waals surface area contributed by atoms with Crippen LogP contribution in [-0.4, -0.2) is 135 Å². The molecule has 0 aromatic rings. The first kappa shape index (κ1) is 57.1. The Morgan fingerprint density at radius 2 is 0.789 bits per heavy atom. The molecule has 12 N–H and O–H groups in total. The summed E-state index contributed by atoms with van der Waals surface area (Å²) in [4.78, 5) is 0. The van der Waals surface area contributed by atoms with E-state index in [9.17, 15) is 61.3 Å². The second-order valence-corrected chi connectivity index (χ2v) is 28.8. The van der Waals surface area contributed by atoms with E-state index in [-0.39, 0.29) is 131 Å². The van der Waals surface area contributed by atoms with E-state index in [1.807, 2.05) is 32.1 Å². The summed E-state index contributed by atoms with van der Waals surface area (Å²) >= 11 is 0. The van der Waals surface area contributed by atoms with Crippen LogP contribution in [0.3, 0.4) is 0 Å². The Hall–Kier alpha value is -2.14. The van der Waals surface area contributed by atoms with E-state index in [2.05, 4.69) is 39.5 Å². The number of hydrogen-bond acceptors (Lipinski definition) is 12. The van der Waals surface area contributed by atoms with Gasteiger partial charge in [0.1, 0.15) is 11.2 Å².